The highest BCUT2D eigenvalue weighted by Gasteiger charge is 2.60. The molecule has 5 N–H and O–H groups in total. The van der Waals surface area contributed by atoms with Gasteiger partial charge >= 0.3 is 6.09 Å². The third kappa shape index (κ3) is 6.97. The first-order chi connectivity index (χ1) is 9.05. The quantitative estimate of drug-likeness (QED) is 0.569. The first kappa shape index (κ1) is 19.0. The molecule has 2 amide bonds. The third-order valence-electron chi connectivity index (χ3n) is 2.52. The highest BCUT2D eigenvalue weighted by atomic mass is 32.2. The molecule has 7 nitrogen and oxygen atoms in total. The number of hydrogen-bond acceptors (Lipinski definition) is 4. The maximum atomic E-state index is 11.3. The summed E-state index contributed by atoms with van der Waals surface area (Å²) in [5, 5.41) is 18.4. The minimum Gasteiger partial charge on any atom is -0.597 e. The van der Waals surface area contributed by atoms with E-state index in [2.05, 4.69) is 10.6 Å². The molecule has 118 valence electrons. The number of carboxylic acid groups (broad SMARTS) is 1. The second-order valence-corrected chi connectivity index (χ2v) is 7.10. The molecule has 1 atom stereocenters. The maximum absolute atomic E-state index is 11.3. The van der Waals surface area contributed by atoms with E-state index >= 15 is 0 Å². The molecule has 1 saturated carbocycles. The molecule has 0 aromatic rings. The van der Waals surface area contributed by atoms with Gasteiger partial charge in [-0.1, -0.05) is 6.92 Å². The molecule has 0 saturated heterocycles. The minimum atomic E-state index is -1.51. The molecule has 0 heterocycles. The summed E-state index contributed by atoms with van der Waals surface area (Å²) in [5.74, 6) is -0.148. The van der Waals surface area contributed by atoms with Crippen LogP contribution in [-0.2, 0) is 16.2 Å². The molecule has 1 aliphatic rings. The lowest BCUT2D eigenvalue weighted by atomic mass is 10.1. The van der Waals surface area contributed by atoms with Crippen LogP contribution in [0.5, 0.6) is 0 Å². The van der Waals surface area contributed by atoms with Gasteiger partial charge in [0, 0.05) is 24.9 Å². The van der Waals surface area contributed by atoms with Crippen molar-refractivity contribution in [1.29, 1.82) is 0 Å². The molecule has 1 aliphatic carbocycles. The number of hydrogen-bond donors (Lipinski definition) is 4. The van der Waals surface area contributed by atoms with Gasteiger partial charge in [-0.3, -0.25) is 4.79 Å². The monoisotopic (exact) mass is 307 g/mol. The molecule has 8 heteroatoms. The highest BCUT2D eigenvalue weighted by Crippen LogP contribution is 2.42. The van der Waals surface area contributed by atoms with E-state index in [9.17, 15) is 14.1 Å². The standard InChI is InChI=1S/C7H14N2O2S.C5H11NO2/c1-2-5-9-6(10)7(3-4-7)12(8)11;1-5(2,3)6-4(7)8/h2-5,8H2,1H3,(H,9,10);6H,1-3H3,(H,7,8). The highest BCUT2D eigenvalue weighted by molar-refractivity contribution is 7.91. The number of carbonyl (C=O) groups is 2. The molecule has 0 radical (unpaired) electrons. The van der Waals surface area contributed by atoms with E-state index in [1.807, 2.05) is 6.92 Å². The van der Waals surface area contributed by atoms with Crippen LogP contribution in [0.4, 0.5) is 4.79 Å². The predicted molar refractivity (Wildman–Crippen MR) is 78.5 cm³/mol. The van der Waals surface area contributed by atoms with Crippen LogP contribution in [0.25, 0.3) is 0 Å². The lowest BCUT2D eigenvalue weighted by Gasteiger charge is -2.16. The van der Waals surface area contributed by atoms with Crippen LogP contribution < -0.4 is 15.8 Å². The van der Waals surface area contributed by atoms with E-state index in [0.29, 0.717) is 19.4 Å². The molecule has 20 heavy (non-hydrogen) atoms. The zero-order valence-electron chi connectivity index (χ0n) is 12.5. The molecular weight excluding hydrogens is 282 g/mol. The first-order valence-corrected chi connectivity index (χ1v) is 7.72. The van der Waals surface area contributed by atoms with Gasteiger partial charge in [-0.05, 0) is 27.2 Å². The smallest absolute Gasteiger partial charge is 0.405 e. The average Bonchev–Trinajstić information content (AvgIpc) is 3.04. The molecule has 0 aromatic heterocycles. The molecule has 0 bridgehead atoms. The van der Waals surface area contributed by atoms with Crippen LogP contribution in [-0.4, -0.2) is 38.5 Å². The average molecular weight is 307 g/mol. The van der Waals surface area contributed by atoms with Crippen molar-refractivity contribution in [2.24, 2.45) is 5.14 Å². The topological polar surface area (TPSA) is 128 Å². The van der Waals surface area contributed by atoms with Gasteiger partial charge in [-0.25, -0.2) is 4.79 Å². The van der Waals surface area contributed by atoms with Crippen LogP contribution in [0.15, 0.2) is 0 Å². The largest absolute Gasteiger partial charge is 0.597 e. The maximum Gasteiger partial charge on any atom is 0.405 e. The number of rotatable bonds is 4. The summed E-state index contributed by atoms with van der Waals surface area (Å²) < 4.78 is 10.2. The van der Waals surface area contributed by atoms with Crippen molar-refractivity contribution in [2.75, 3.05) is 6.54 Å². The Hall–Kier alpha value is -0.990. The number of amides is 2. The van der Waals surface area contributed by atoms with E-state index in [-0.39, 0.29) is 11.4 Å². The zero-order chi connectivity index (χ0) is 16.0. The number of nitrogens with one attached hydrogen (secondary N) is 2. The molecule has 1 fully saturated rings. The summed E-state index contributed by atoms with van der Waals surface area (Å²) in [6.07, 6.45) is 1.23. The van der Waals surface area contributed by atoms with Gasteiger partial charge in [-0.2, -0.15) is 5.14 Å². The third-order valence-corrected chi connectivity index (χ3v) is 3.88. The minimum absolute atomic E-state index is 0.148. The van der Waals surface area contributed by atoms with Crippen molar-refractivity contribution >= 4 is 23.4 Å². The molecular formula is C12H25N3O4S. The molecule has 1 rings (SSSR count). The van der Waals surface area contributed by atoms with Crippen LogP contribution in [0, 0.1) is 0 Å². The van der Waals surface area contributed by atoms with E-state index in [4.69, 9.17) is 10.2 Å². The summed E-state index contributed by atoms with van der Waals surface area (Å²) in [4.78, 5) is 21.2. The Morgan fingerprint density at radius 3 is 2.10 bits per heavy atom. The Kier molecular flexibility index (Phi) is 7.32. The van der Waals surface area contributed by atoms with Crippen molar-refractivity contribution < 1.29 is 19.2 Å². The van der Waals surface area contributed by atoms with Gasteiger partial charge in [0.1, 0.15) is 0 Å². The van der Waals surface area contributed by atoms with Gasteiger partial charge in [0.2, 0.25) is 4.75 Å². The summed E-state index contributed by atoms with van der Waals surface area (Å²) in [7, 11) is 0. The van der Waals surface area contributed by atoms with Crippen LogP contribution >= 0.6 is 0 Å². The fourth-order valence-corrected chi connectivity index (χ4v) is 2.11. The number of carbonyl (C=O) groups excluding carboxylic acids is 1. The van der Waals surface area contributed by atoms with E-state index in [1.54, 1.807) is 20.8 Å². The lowest BCUT2D eigenvalue weighted by Crippen LogP contribution is -2.45. The summed E-state index contributed by atoms with van der Waals surface area (Å²) in [6, 6.07) is 0. The lowest BCUT2D eigenvalue weighted by molar-refractivity contribution is -0.121. The Labute approximate surface area is 123 Å². The van der Waals surface area contributed by atoms with Gasteiger partial charge in [0.25, 0.3) is 5.91 Å². The first-order valence-electron chi connectivity index (χ1n) is 6.51. The molecule has 0 aliphatic heterocycles. The SMILES string of the molecule is CC(C)(C)NC(=O)O.CCCNC(=O)C1([S+](N)[O-])CC1. The molecule has 0 spiro atoms. The van der Waals surface area contributed by atoms with Crippen LogP contribution in [0.3, 0.4) is 0 Å². The van der Waals surface area contributed by atoms with Crippen molar-refractivity contribution in [1.82, 2.24) is 10.6 Å². The van der Waals surface area contributed by atoms with Crippen molar-refractivity contribution in [2.45, 2.75) is 57.2 Å². The number of nitrogens with two attached hydrogens (primary N) is 1. The second-order valence-electron chi connectivity index (χ2n) is 5.73. The molecule has 0 aromatic carbocycles. The van der Waals surface area contributed by atoms with E-state index in [0.717, 1.165) is 6.42 Å². The van der Waals surface area contributed by atoms with Crippen LogP contribution in [0.1, 0.15) is 47.0 Å². The Balaban J connectivity index is 0.000000396. The van der Waals surface area contributed by atoms with E-state index in [1.165, 1.54) is 0 Å². The van der Waals surface area contributed by atoms with Gasteiger partial charge in [-0.15, -0.1) is 0 Å². The Bertz CT molecular complexity index is 338. The van der Waals surface area contributed by atoms with Crippen LogP contribution in [0.2, 0.25) is 0 Å². The Morgan fingerprint density at radius 2 is 1.90 bits per heavy atom. The predicted octanol–water partition coefficient (Wildman–Crippen LogP) is 0.720. The van der Waals surface area contributed by atoms with Gasteiger partial charge in [0.05, 0.1) is 11.4 Å². The fourth-order valence-electron chi connectivity index (χ4n) is 1.35. The fraction of sp³-hybridized carbons (Fsp3) is 0.833. The normalized spacial score (nSPS) is 17.3. The summed E-state index contributed by atoms with van der Waals surface area (Å²) >= 11 is -1.51. The Morgan fingerprint density at radius 1 is 1.40 bits per heavy atom. The second kappa shape index (κ2) is 7.70. The van der Waals surface area contributed by atoms with Crippen molar-refractivity contribution in [3.05, 3.63) is 0 Å². The summed E-state index contributed by atoms with van der Waals surface area (Å²) in [6.45, 7) is 7.99. The van der Waals surface area contributed by atoms with Gasteiger partial charge < -0.3 is 20.3 Å². The molecule has 1 unspecified atom stereocenters. The summed E-state index contributed by atoms with van der Waals surface area (Å²) in [5.41, 5.74) is -0.328. The van der Waals surface area contributed by atoms with E-state index < -0.39 is 22.2 Å². The van der Waals surface area contributed by atoms with Crippen molar-refractivity contribution in [3.8, 4) is 0 Å². The zero-order valence-corrected chi connectivity index (χ0v) is 13.3. The van der Waals surface area contributed by atoms with Gasteiger partial charge in [0.15, 0.2) is 0 Å². The van der Waals surface area contributed by atoms with Crippen molar-refractivity contribution in [3.63, 3.8) is 0 Å².